The number of phenolic OH excluding ortho intramolecular Hbond substituents is 1. The molecule has 5 rings (SSSR count). The molecule has 0 amide bonds. The number of aromatic hydroxyl groups is 1. The van der Waals surface area contributed by atoms with E-state index in [1.54, 1.807) is 13.3 Å². The van der Waals surface area contributed by atoms with Gasteiger partial charge >= 0.3 is 6.18 Å². The summed E-state index contributed by atoms with van der Waals surface area (Å²) >= 11 is 0. The molecular formula is C20H19F3N4O2. The standard InChI is InChI=1S/C20H19F3N4O2/c1-19(29)7-12(8-19)27-9-24-17-15(10-2-3-10)16(25-26-18(17)27)13-5-4-11(6-14(13)28)20(21,22)23/h4-6,9-10,12,28-29H,2-3,7-8H2,1H3. The van der Waals surface area contributed by atoms with E-state index in [9.17, 15) is 23.4 Å². The number of fused-ring (bicyclic) bond motifs is 1. The highest BCUT2D eigenvalue weighted by atomic mass is 19.4. The van der Waals surface area contributed by atoms with Crippen LogP contribution in [0.3, 0.4) is 0 Å². The van der Waals surface area contributed by atoms with E-state index in [0.717, 1.165) is 24.5 Å². The fourth-order valence-corrected chi connectivity index (χ4v) is 4.19. The van der Waals surface area contributed by atoms with Crippen molar-refractivity contribution in [3.63, 3.8) is 0 Å². The van der Waals surface area contributed by atoms with Crippen LogP contribution < -0.4 is 0 Å². The largest absolute Gasteiger partial charge is 0.507 e. The van der Waals surface area contributed by atoms with Gasteiger partial charge in [0.1, 0.15) is 17.0 Å². The third-order valence-corrected chi connectivity index (χ3v) is 5.83. The first kappa shape index (κ1) is 18.4. The van der Waals surface area contributed by atoms with Crippen molar-refractivity contribution in [2.24, 2.45) is 0 Å². The van der Waals surface area contributed by atoms with Crippen molar-refractivity contribution in [3.05, 3.63) is 35.7 Å². The lowest BCUT2D eigenvalue weighted by atomic mass is 9.77. The number of phenols is 1. The van der Waals surface area contributed by atoms with Crippen molar-refractivity contribution in [1.82, 2.24) is 19.7 Å². The Labute approximate surface area is 164 Å². The van der Waals surface area contributed by atoms with Gasteiger partial charge in [0.2, 0.25) is 0 Å². The molecule has 29 heavy (non-hydrogen) atoms. The van der Waals surface area contributed by atoms with E-state index in [1.165, 1.54) is 6.07 Å². The smallest absolute Gasteiger partial charge is 0.416 e. The lowest BCUT2D eigenvalue weighted by molar-refractivity contribution is -0.137. The number of aliphatic hydroxyl groups is 1. The maximum Gasteiger partial charge on any atom is 0.416 e. The molecule has 0 atom stereocenters. The Morgan fingerprint density at radius 2 is 1.90 bits per heavy atom. The van der Waals surface area contributed by atoms with Crippen molar-refractivity contribution >= 4 is 11.2 Å². The molecule has 2 heterocycles. The molecule has 6 nitrogen and oxygen atoms in total. The molecule has 2 fully saturated rings. The monoisotopic (exact) mass is 404 g/mol. The minimum absolute atomic E-state index is 0.0849. The zero-order valence-electron chi connectivity index (χ0n) is 15.6. The Balaban J connectivity index is 1.61. The average molecular weight is 404 g/mol. The van der Waals surface area contributed by atoms with Gasteiger partial charge in [-0.05, 0) is 56.7 Å². The Bertz CT molecular complexity index is 1110. The maximum atomic E-state index is 12.9. The minimum atomic E-state index is -4.53. The second-order valence-electron chi connectivity index (χ2n) is 8.35. The van der Waals surface area contributed by atoms with Crippen LogP contribution in [0.2, 0.25) is 0 Å². The summed E-state index contributed by atoms with van der Waals surface area (Å²) in [6.07, 6.45) is 0.205. The summed E-state index contributed by atoms with van der Waals surface area (Å²) in [5.74, 6) is -0.289. The predicted molar refractivity (Wildman–Crippen MR) is 98.3 cm³/mol. The van der Waals surface area contributed by atoms with Crippen LogP contribution >= 0.6 is 0 Å². The quantitative estimate of drug-likeness (QED) is 0.684. The Morgan fingerprint density at radius 1 is 1.17 bits per heavy atom. The molecule has 9 heteroatoms. The number of rotatable bonds is 3. The van der Waals surface area contributed by atoms with Gasteiger partial charge in [-0.3, -0.25) is 0 Å². The molecule has 2 aliphatic rings. The van der Waals surface area contributed by atoms with Crippen LogP contribution in [0.1, 0.15) is 55.7 Å². The van der Waals surface area contributed by atoms with E-state index in [0.29, 0.717) is 35.8 Å². The molecule has 2 saturated carbocycles. The molecule has 0 radical (unpaired) electrons. The average Bonchev–Trinajstić information content (AvgIpc) is 3.36. The normalized spacial score (nSPS) is 24.7. The molecule has 152 valence electrons. The summed E-state index contributed by atoms with van der Waals surface area (Å²) in [5.41, 5.74) is 1.05. The highest BCUT2D eigenvalue weighted by Gasteiger charge is 2.41. The summed E-state index contributed by atoms with van der Waals surface area (Å²) in [4.78, 5) is 4.52. The van der Waals surface area contributed by atoms with Gasteiger partial charge in [0, 0.05) is 17.2 Å². The number of halogens is 3. The molecule has 1 aromatic carbocycles. The van der Waals surface area contributed by atoms with E-state index in [1.807, 2.05) is 4.57 Å². The minimum Gasteiger partial charge on any atom is -0.507 e. The maximum absolute atomic E-state index is 12.9. The summed E-state index contributed by atoms with van der Waals surface area (Å²) < 4.78 is 40.7. The Morgan fingerprint density at radius 3 is 2.48 bits per heavy atom. The molecule has 0 unspecified atom stereocenters. The van der Waals surface area contributed by atoms with Crippen LogP contribution in [0.25, 0.3) is 22.4 Å². The van der Waals surface area contributed by atoms with Crippen molar-refractivity contribution in [1.29, 1.82) is 0 Å². The fraction of sp³-hybridized carbons (Fsp3) is 0.450. The third-order valence-electron chi connectivity index (χ3n) is 5.83. The van der Waals surface area contributed by atoms with Crippen LogP contribution in [-0.2, 0) is 6.18 Å². The molecule has 0 spiro atoms. The van der Waals surface area contributed by atoms with E-state index < -0.39 is 23.1 Å². The van der Waals surface area contributed by atoms with Crippen molar-refractivity contribution in [2.75, 3.05) is 0 Å². The number of nitrogens with zero attached hydrogens (tertiary/aromatic N) is 4. The van der Waals surface area contributed by atoms with Gasteiger partial charge < -0.3 is 14.8 Å². The van der Waals surface area contributed by atoms with Crippen LogP contribution in [0.4, 0.5) is 13.2 Å². The van der Waals surface area contributed by atoms with E-state index in [-0.39, 0.29) is 17.5 Å². The molecule has 0 bridgehead atoms. The molecule has 3 aromatic rings. The third kappa shape index (κ3) is 3.04. The lowest BCUT2D eigenvalue weighted by Gasteiger charge is -2.41. The first-order valence-corrected chi connectivity index (χ1v) is 9.50. The number of imidazole rings is 1. The van der Waals surface area contributed by atoms with Crippen molar-refractivity contribution in [2.45, 2.75) is 56.3 Å². The molecule has 2 N–H and O–H groups in total. The van der Waals surface area contributed by atoms with Gasteiger partial charge in [-0.15, -0.1) is 10.2 Å². The second kappa shape index (κ2) is 5.91. The Hall–Kier alpha value is -2.68. The predicted octanol–water partition coefficient (Wildman–Crippen LogP) is 4.18. The van der Waals surface area contributed by atoms with Crippen LogP contribution in [-0.4, -0.2) is 35.6 Å². The van der Waals surface area contributed by atoms with Gasteiger partial charge in [0.05, 0.1) is 17.5 Å². The van der Waals surface area contributed by atoms with Gasteiger partial charge in [-0.2, -0.15) is 13.2 Å². The van der Waals surface area contributed by atoms with Crippen LogP contribution in [0.5, 0.6) is 5.75 Å². The molecule has 0 saturated heterocycles. The zero-order valence-corrected chi connectivity index (χ0v) is 15.6. The summed E-state index contributed by atoms with van der Waals surface area (Å²) in [5, 5.41) is 28.9. The highest BCUT2D eigenvalue weighted by Crippen LogP contribution is 2.49. The molecule has 0 aliphatic heterocycles. The van der Waals surface area contributed by atoms with Gasteiger partial charge in [0.15, 0.2) is 5.65 Å². The number of benzene rings is 1. The summed E-state index contributed by atoms with van der Waals surface area (Å²) in [6, 6.07) is 2.97. The fourth-order valence-electron chi connectivity index (χ4n) is 4.19. The van der Waals surface area contributed by atoms with Crippen LogP contribution in [0, 0.1) is 0 Å². The van der Waals surface area contributed by atoms with Crippen molar-refractivity contribution in [3.8, 4) is 17.0 Å². The number of aromatic nitrogens is 4. The molecule has 2 aliphatic carbocycles. The highest BCUT2D eigenvalue weighted by molar-refractivity contribution is 5.84. The SMILES string of the molecule is CC1(O)CC(n2cnc3c(C4CC4)c(-c4ccc(C(F)(F)F)cc4O)nnc32)C1. The second-order valence-corrected chi connectivity index (χ2v) is 8.35. The topological polar surface area (TPSA) is 84.1 Å². The van der Waals surface area contributed by atoms with Crippen molar-refractivity contribution < 1.29 is 23.4 Å². The first-order chi connectivity index (χ1) is 13.6. The summed E-state index contributed by atoms with van der Waals surface area (Å²) in [7, 11) is 0. The first-order valence-electron chi connectivity index (χ1n) is 9.50. The Kier molecular flexibility index (Phi) is 3.74. The van der Waals surface area contributed by atoms with Crippen LogP contribution in [0.15, 0.2) is 24.5 Å². The number of alkyl halides is 3. The van der Waals surface area contributed by atoms with E-state index in [2.05, 4.69) is 15.2 Å². The molecular weight excluding hydrogens is 385 g/mol. The van der Waals surface area contributed by atoms with Gasteiger partial charge in [0.25, 0.3) is 0 Å². The number of hydrogen-bond acceptors (Lipinski definition) is 5. The van der Waals surface area contributed by atoms with Gasteiger partial charge in [-0.25, -0.2) is 4.98 Å². The van der Waals surface area contributed by atoms with E-state index in [4.69, 9.17) is 0 Å². The number of hydrogen-bond donors (Lipinski definition) is 2. The van der Waals surface area contributed by atoms with Gasteiger partial charge in [-0.1, -0.05) is 0 Å². The molecule has 2 aromatic heterocycles. The lowest BCUT2D eigenvalue weighted by Crippen LogP contribution is -2.41. The summed E-state index contributed by atoms with van der Waals surface area (Å²) in [6.45, 7) is 1.79. The van der Waals surface area contributed by atoms with E-state index >= 15 is 0 Å². The zero-order chi connectivity index (χ0) is 20.6.